The SMILES string of the molecule is CC(C)(CCCO)CNc1nc(NN)nc2[nH]ncc12. The van der Waals surface area contributed by atoms with Crippen molar-refractivity contribution in [3.05, 3.63) is 6.20 Å². The first kappa shape index (κ1) is 14.5. The van der Waals surface area contributed by atoms with Gasteiger partial charge in [0.15, 0.2) is 5.65 Å². The Bertz CT molecular complexity index is 566. The second kappa shape index (κ2) is 6.02. The monoisotopic (exact) mass is 279 g/mol. The number of aliphatic hydroxyl groups is 1. The van der Waals surface area contributed by atoms with Gasteiger partial charge in [-0.15, -0.1) is 0 Å². The normalized spacial score (nSPS) is 11.8. The molecule has 0 aliphatic heterocycles. The first-order chi connectivity index (χ1) is 9.55. The van der Waals surface area contributed by atoms with E-state index in [0.717, 1.165) is 24.8 Å². The third kappa shape index (κ3) is 3.34. The van der Waals surface area contributed by atoms with Gasteiger partial charge in [0.1, 0.15) is 5.82 Å². The fraction of sp³-hybridized carbons (Fsp3) is 0.583. The number of aromatic nitrogens is 4. The van der Waals surface area contributed by atoms with Crippen LogP contribution in [0, 0.1) is 5.41 Å². The van der Waals surface area contributed by atoms with Crippen molar-refractivity contribution in [2.24, 2.45) is 11.3 Å². The van der Waals surface area contributed by atoms with Gasteiger partial charge in [0.2, 0.25) is 5.95 Å². The number of aliphatic hydroxyl groups excluding tert-OH is 1. The van der Waals surface area contributed by atoms with Gasteiger partial charge in [-0.2, -0.15) is 15.1 Å². The van der Waals surface area contributed by atoms with Crippen LogP contribution in [0.4, 0.5) is 11.8 Å². The van der Waals surface area contributed by atoms with E-state index in [1.807, 2.05) is 0 Å². The molecule has 0 aliphatic rings. The van der Waals surface area contributed by atoms with Gasteiger partial charge in [-0.25, -0.2) is 5.84 Å². The maximum absolute atomic E-state index is 8.92. The number of hydrogen-bond donors (Lipinski definition) is 5. The summed E-state index contributed by atoms with van der Waals surface area (Å²) in [5.41, 5.74) is 3.12. The number of fused-ring (bicyclic) bond motifs is 1. The number of H-pyrrole nitrogens is 1. The fourth-order valence-electron chi connectivity index (χ4n) is 2.00. The molecular formula is C12H21N7O. The number of anilines is 2. The number of nitrogens with zero attached hydrogens (tertiary/aromatic N) is 3. The topological polar surface area (TPSA) is 125 Å². The van der Waals surface area contributed by atoms with Gasteiger partial charge in [0.05, 0.1) is 11.6 Å². The Morgan fingerprint density at radius 1 is 1.40 bits per heavy atom. The van der Waals surface area contributed by atoms with Crippen molar-refractivity contribution in [2.75, 3.05) is 23.9 Å². The zero-order valence-corrected chi connectivity index (χ0v) is 11.8. The van der Waals surface area contributed by atoms with Crippen LogP contribution in [0.3, 0.4) is 0 Å². The predicted molar refractivity (Wildman–Crippen MR) is 78.1 cm³/mol. The van der Waals surface area contributed by atoms with Gasteiger partial charge in [-0.05, 0) is 18.3 Å². The van der Waals surface area contributed by atoms with Gasteiger partial charge in [0.25, 0.3) is 0 Å². The second-order valence-electron chi connectivity index (χ2n) is 5.52. The van der Waals surface area contributed by atoms with Crippen LogP contribution >= 0.6 is 0 Å². The van der Waals surface area contributed by atoms with E-state index in [-0.39, 0.29) is 12.0 Å². The van der Waals surface area contributed by atoms with Gasteiger partial charge < -0.3 is 10.4 Å². The summed E-state index contributed by atoms with van der Waals surface area (Å²) >= 11 is 0. The van der Waals surface area contributed by atoms with Crippen molar-refractivity contribution in [3.63, 3.8) is 0 Å². The molecule has 2 aromatic rings. The summed E-state index contributed by atoms with van der Waals surface area (Å²) in [6.07, 6.45) is 3.39. The highest BCUT2D eigenvalue weighted by Gasteiger charge is 2.18. The molecule has 0 aromatic carbocycles. The number of nitrogen functional groups attached to an aromatic ring is 1. The minimum Gasteiger partial charge on any atom is -0.396 e. The largest absolute Gasteiger partial charge is 0.396 e. The second-order valence-corrected chi connectivity index (χ2v) is 5.52. The van der Waals surface area contributed by atoms with E-state index in [1.165, 1.54) is 0 Å². The minimum atomic E-state index is 0.0556. The van der Waals surface area contributed by atoms with E-state index in [1.54, 1.807) is 6.20 Å². The molecule has 0 amide bonds. The maximum Gasteiger partial charge on any atom is 0.241 e. The van der Waals surface area contributed by atoms with Crippen LogP contribution in [0.5, 0.6) is 0 Å². The lowest BCUT2D eigenvalue weighted by atomic mass is 9.88. The van der Waals surface area contributed by atoms with E-state index in [2.05, 4.69) is 44.8 Å². The summed E-state index contributed by atoms with van der Waals surface area (Å²) in [6, 6.07) is 0. The van der Waals surface area contributed by atoms with E-state index in [9.17, 15) is 0 Å². The lowest BCUT2D eigenvalue weighted by Gasteiger charge is -2.25. The average molecular weight is 279 g/mol. The summed E-state index contributed by atoms with van der Waals surface area (Å²) in [5, 5.41) is 19.8. The molecule has 0 radical (unpaired) electrons. The molecule has 20 heavy (non-hydrogen) atoms. The number of rotatable bonds is 7. The number of nitrogens with one attached hydrogen (secondary N) is 3. The van der Waals surface area contributed by atoms with Gasteiger partial charge in [0, 0.05) is 13.2 Å². The summed E-state index contributed by atoms with van der Waals surface area (Å²) in [4.78, 5) is 8.48. The summed E-state index contributed by atoms with van der Waals surface area (Å²) in [6.45, 7) is 5.23. The first-order valence-electron chi connectivity index (χ1n) is 6.58. The lowest BCUT2D eigenvalue weighted by Crippen LogP contribution is -2.24. The molecule has 2 rings (SSSR count). The summed E-state index contributed by atoms with van der Waals surface area (Å²) in [5.74, 6) is 6.38. The number of hydrazine groups is 1. The summed E-state index contributed by atoms with van der Waals surface area (Å²) < 4.78 is 0. The molecule has 0 spiro atoms. The highest BCUT2D eigenvalue weighted by Crippen LogP contribution is 2.25. The molecule has 110 valence electrons. The van der Waals surface area contributed by atoms with E-state index >= 15 is 0 Å². The minimum absolute atomic E-state index is 0.0556. The molecule has 0 saturated heterocycles. The van der Waals surface area contributed by atoms with Crippen molar-refractivity contribution in [2.45, 2.75) is 26.7 Å². The molecule has 2 heterocycles. The van der Waals surface area contributed by atoms with Crippen molar-refractivity contribution in [1.82, 2.24) is 20.2 Å². The van der Waals surface area contributed by atoms with Crippen molar-refractivity contribution in [3.8, 4) is 0 Å². The Kier molecular flexibility index (Phi) is 4.35. The molecule has 0 saturated carbocycles. The molecule has 0 atom stereocenters. The lowest BCUT2D eigenvalue weighted by molar-refractivity contribution is 0.248. The molecule has 0 aliphatic carbocycles. The van der Waals surface area contributed by atoms with Crippen molar-refractivity contribution in [1.29, 1.82) is 0 Å². The van der Waals surface area contributed by atoms with Crippen LogP contribution in [0.15, 0.2) is 6.20 Å². The van der Waals surface area contributed by atoms with Gasteiger partial charge >= 0.3 is 0 Å². The van der Waals surface area contributed by atoms with E-state index in [0.29, 0.717) is 17.4 Å². The Labute approximate surface area is 117 Å². The molecule has 8 nitrogen and oxygen atoms in total. The third-order valence-corrected chi connectivity index (χ3v) is 3.18. The Hall–Kier alpha value is -1.93. The van der Waals surface area contributed by atoms with Crippen LogP contribution in [-0.4, -0.2) is 38.4 Å². The van der Waals surface area contributed by atoms with Crippen LogP contribution < -0.4 is 16.6 Å². The van der Waals surface area contributed by atoms with Crippen molar-refractivity contribution < 1.29 is 5.11 Å². The first-order valence-corrected chi connectivity index (χ1v) is 6.58. The van der Waals surface area contributed by atoms with E-state index in [4.69, 9.17) is 10.9 Å². The number of nitrogens with two attached hydrogens (primary N) is 1. The standard InChI is InChI=1S/C12H21N7O/c1-12(2,4-3-5-20)7-14-9-8-6-15-19-10(8)17-11(16-9)18-13/h6,20H,3-5,7,13H2,1-2H3,(H3,14,15,16,17,18,19). The highest BCUT2D eigenvalue weighted by molar-refractivity contribution is 5.86. The number of aromatic amines is 1. The van der Waals surface area contributed by atoms with Crippen LogP contribution in [0.25, 0.3) is 11.0 Å². The molecule has 0 fully saturated rings. The fourth-order valence-corrected chi connectivity index (χ4v) is 2.00. The zero-order valence-electron chi connectivity index (χ0n) is 11.8. The molecule has 0 bridgehead atoms. The maximum atomic E-state index is 8.92. The molecule has 2 aromatic heterocycles. The van der Waals surface area contributed by atoms with Gasteiger partial charge in [-0.3, -0.25) is 10.5 Å². The highest BCUT2D eigenvalue weighted by atomic mass is 16.2. The summed E-state index contributed by atoms with van der Waals surface area (Å²) in [7, 11) is 0. The van der Waals surface area contributed by atoms with Crippen LogP contribution in [0.1, 0.15) is 26.7 Å². The van der Waals surface area contributed by atoms with Crippen molar-refractivity contribution >= 4 is 22.8 Å². The van der Waals surface area contributed by atoms with Gasteiger partial charge in [-0.1, -0.05) is 13.8 Å². The van der Waals surface area contributed by atoms with Crippen LogP contribution in [0.2, 0.25) is 0 Å². The Morgan fingerprint density at radius 2 is 2.20 bits per heavy atom. The molecule has 6 N–H and O–H groups in total. The van der Waals surface area contributed by atoms with E-state index < -0.39 is 0 Å². The quantitative estimate of drug-likeness (QED) is 0.376. The zero-order chi connectivity index (χ0) is 14.6. The molecule has 8 heteroatoms. The number of hydrogen-bond acceptors (Lipinski definition) is 7. The predicted octanol–water partition coefficient (Wildman–Crippen LogP) is 0.849. The Morgan fingerprint density at radius 3 is 2.90 bits per heavy atom. The third-order valence-electron chi connectivity index (χ3n) is 3.18. The average Bonchev–Trinajstić information content (AvgIpc) is 2.90. The Balaban J connectivity index is 2.14. The van der Waals surface area contributed by atoms with Crippen LogP contribution in [-0.2, 0) is 0 Å². The molecule has 0 unspecified atom stereocenters. The smallest absolute Gasteiger partial charge is 0.241 e. The molecular weight excluding hydrogens is 258 g/mol.